The van der Waals surface area contributed by atoms with Gasteiger partial charge in [0.15, 0.2) is 0 Å². The van der Waals surface area contributed by atoms with Crippen LogP contribution < -0.4 is 0 Å². The summed E-state index contributed by atoms with van der Waals surface area (Å²) in [4.78, 5) is 0. The van der Waals surface area contributed by atoms with E-state index < -0.39 is 0 Å². The van der Waals surface area contributed by atoms with Gasteiger partial charge in [0.2, 0.25) is 0 Å². The van der Waals surface area contributed by atoms with Gasteiger partial charge in [-0.05, 0) is 52.4 Å². The highest BCUT2D eigenvalue weighted by Gasteiger charge is 2.00. The van der Waals surface area contributed by atoms with Crippen molar-refractivity contribution in [2.24, 2.45) is 5.92 Å². The summed E-state index contributed by atoms with van der Waals surface area (Å²) in [6, 6.07) is 0. The predicted octanol–water partition coefficient (Wildman–Crippen LogP) is 5.12. The van der Waals surface area contributed by atoms with E-state index in [4.69, 9.17) is 0 Å². The van der Waals surface area contributed by atoms with E-state index >= 15 is 0 Å². The van der Waals surface area contributed by atoms with E-state index in [2.05, 4.69) is 45.9 Å². The summed E-state index contributed by atoms with van der Waals surface area (Å²) in [6.07, 6.45) is 13.3. The normalized spacial score (nSPS) is 15.0. The first-order chi connectivity index (χ1) is 6.70. The van der Waals surface area contributed by atoms with Crippen LogP contribution in [0.1, 0.15) is 59.8 Å². The van der Waals surface area contributed by atoms with Crippen molar-refractivity contribution in [3.63, 3.8) is 0 Å². The Morgan fingerprint density at radius 2 is 1.93 bits per heavy atom. The summed E-state index contributed by atoms with van der Waals surface area (Å²) in [6.45, 7) is 8.82. The summed E-state index contributed by atoms with van der Waals surface area (Å²) >= 11 is 0. The zero-order valence-electron chi connectivity index (χ0n) is 10.3. The lowest BCUT2D eigenvalue weighted by molar-refractivity contribution is 0.478. The maximum atomic E-state index is 2.37. The molecule has 0 aliphatic carbocycles. The molecule has 0 spiro atoms. The average Bonchev–Trinajstić information content (AvgIpc) is 2.18. The molecular weight excluding hydrogens is 168 g/mol. The lowest BCUT2D eigenvalue weighted by Gasteiger charge is -2.09. The molecule has 0 rings (SSSR count). The quantitative estimate of drug-likeness (QED) is 0.494. The van der Waals surface area contributed by atoms with Crippen LogP contribution in [-0.2, 0) is 0 Å². The predicted molar refractivity (Wildman–Crippen MR) is 66.5 cm³/mol. The van der Waals surface area contributed by atoms with Crippen molar-refractivity contribution in [2.75, 3.05) is 0 Å². The maximum absolute atomic E-state index is 2.37. The minimum absolute atomic E-state index is 0.885. The molecule has 0 saturated heterocycles. The van der Waals surface area contributed by atoms with Gasteiger partial charge >= 0.3 is 0 Å². The number of hydrogen-bond acceptors (Lipinski definition) is 0. The second kappa shape index (κ2) is 9.05. The standard InChI is InChI=1S/C14H26/c1-5-7-8-10-14(4)12-9-11-13(3)6-2/h5-7,14H,8-12H2,1-4H3. The van der Waals surface area contributed by atoms with E-state index in [1.807, 2.05) is 0 Å². The molecule has 1 atom stereocenters. The Morgan fingerprint density at radius 3 is 2.50 bits per heavy atom. The molecule has 0 heteroatoms. The minimum Gasteiger partial charge on any atom is -0.0917 e. The van der Waals surface area contributed by atoms with E-state index in [-0.39, 0.29) is 0 Å². The highest BCUT2D eigenvalue weighted by atomic mass is 14.1. The second-order valence-electron chi connectivity index (χ2n) is 4.28. The van der Waals surface area contributed by atoms with Crippen molar-refractivity contribution >= 4 is 0 Å². The molecule has 0 amide bonds. The van der Waals surface area contributed by atoms with Gasteiger partial charge in [-0.15, -0.1) is 0 Å². The van der Waals surface area contributed by atoms with Crippen LogP contribution in [0.15, 0.2) is 23.8 Å². The molecule has 0 bridgehead atoms. The van der Waals surface area contributed by atoms with Gasteiger partial charge in [0.1, 0.15) is 0 Å². The van der Waals surface area contributed by atoms with Gasteiger partial charge in [-0.3, -0.25) is 0 Å². The fourth-order valence-corrected chi connectivity index (χ4v) is 1.57. The van der Waals surface area contributed by atoms with Crippen LogP contribution in [-0.4, -0.2) is 0 Å². The van der Waals surface area contributed by atoms with E-state index in [0.717, 1.165) is 5.92 Å². The van der Waals surface area contributed by atoms with E-state index in [9.17, 15) is 0 Å². The Bertz CT molecular complexity index is 174. The summed E-state index contributed by atoms with van der Waals surface area (Å²) in [5.74, 6) is 0.885. The Balaban J connectivity index is 3.39. The summed E-state index contributed by atoms with van der Waals surface area (Å²) < 4.78 is 0. The van der Waals surface area contributed by atoms with Crippen LogP contribution in [0.4, 0.5) is 0 Å². The maximum Gasteiger partial charge on any atom is -0.0323 e. The van der Waals surface area contributed by atoms with Crippen molar-refractivity contribution in [2.45, 2.75) is 59.8 Å². The van der Waals surface area contributed by atoms with Crippen molar-refractivity contribution in [3.05, 3.63) is 23.8 Å². The molecule has 0 radical (unpaired) electrons. The molecule has 0 saturated carbocycles. The first-order valence-corrected chi connectivity index (χ1v) is 5.93. The first-order valence-electron chi connectivity index (χ1n) is 5.93. The SMILES string of the molecule is CC=CCCC(C)CCCC(C)=CC. The van der Waals surface area contributed by atoms with E-state index in [1.165, 1.54) is 37.7 Å². The third kappa shape index (κ3) is 8.10. The van der Waals surface area contributed by atoms with Crippen molar-refractivity contribution in [1.82, 2.24) is 0 Å². The van der Waals surface area contributed by atoms with Gasteiger partial charge in [-0.2, -0.15) is 0 Å². The molecule has 0 fully saturated rings. The van der Waals surface area contributed by atoms with Crippen LogP contribution >= 0.6 is 0 Å². The molecule has 0 aliphatic heterocycles. The van der Waals surface area contributed by atoms with Crippen LogP contribution in [0.3, 0.4) is 0 Å². The van der Waals surface area contributed by atoms with Crippen LogP contribution in [0.25, 0.3) is 0 Å². The molecule has 0 aliphatic rings. The van der Waals surface area contributed by atoms with Gasteiger partial charge in [0, 0.05) is 0 Å². The summed E-state index contributed by atoms with van der Waals surface area (Å²) in [5, 5.41) is 0. The smallest absolute Gasteiger partial charge is 0.0323 e. The third-order valence-corrected chi connectivity index (χ3v) is 2.82. The molecule has 0 N–H and O–H groups in total. The lowest BCUT2D eigenvalue weighted by atomic mass is 9.97. The number of hydrogen-bond donors (Lipinski definition) is 0. The largest absolute Gasteiger partial charge is 0.0917 e. The zero-order chi connectivity index (χ0) is 10.8. The van der Waals surface area contributed by atoms with Gasteiger partial charge in [0.05, 0.1) is 0 Å². The van der Waals surface area contributed by atoms with Gasteiger partial charge < -0.3 is 0 Å². The average molecular weight is 194 g/mol. The Morgan fingerprint density at radius 1 is 1.21 bits per heavy atom. The molecule has 14 heavy (non-hydrogen) atoms. The fourth-order valence-electron chi connectivity index (χ4n) is 1.57. The molecule has 0 aromatic carbocycles. The molecule has 0 aromatic rings. The molecule has 0 heterocycles. The fraction of sp³-hybridized carbons (Fsp3) is 0.714. The Kier molecular flexibility index (Phi) is 8.72. The third-order valence-electron chi connectivity index (χ3n) is 2.82. The molecule has 0 nitrogen and oxygen atoms in total. The molecule has 0 aromatic heterocycles. The summed E-state index contributed by atoms with van der Waals surface area (Å²) in [7, 11) is 0. The van der Waals surface area contributed by atoms with E-state index in [0.29, 0.717) is 0 Å². The highest BCUT2D eigenvalue weighted by molar-refractivity contribution is 4.94. The highest BCUT2D eigenvalue weighted by Crippen LogP contribution is 2.16. The molecule has 1 unspecified atom stereocenters. The Labute approximate surface area is 90.1 Å². The number of allylic oxidation sites excluding steroid dienone is 4. The van der Waals surface area contributed by atoms with Crippen LogP contribution in [0.5, 0.6) is 0 Å². The minimum atomic E-state index is 0.885. The molecule has 82 valence electrons. The van der Waals surface area contributed by atoms with Crippen molar-refractivity contribution in [1.29, 1.82) is 0 Å². The van der Waals surface area contributed by atoms with Crippen molar-refractivity contribution in [3.8, 4) is 0 Å². The monoisotopic (exact) mass is 194 g/mol. The summed E-state index contributed by atoms with van der Waals surface area (Å²) in [5.41, 5.74) is 1.53. The van der Waals surface area contributed by atoms with Gasteiger partial charge in [0.25, 0.3) is 0 Å². The molecular formula is C14H26. The van der Waals surface area contributed by atoms with Gasteiger partial charge in [-0.25, -0.2) is 0 Å². The topological polar surface area (TPSA) is 0 Å². The van der Waals surface area contributed by atoms with Gasteiger partial charge in [-0.1, -0.05) is 37.1 Å². The number of rotatable bonds is 7. The van der Waals surface area contributed by atoms with E-state index in [1.54, 1.807) is 0 Å². The zero-order valence-corrected chi connectivity index (χ0v) is 10.3. The van der Waals surface area contributed by atoms with Crippen LogP contribution in [0.2, 0.25) is 0 Å². The first kappa shape index (κ1) is 13.5. The lowest BCUT2D eigenvalue weighted by Crippen LogP contribution is -1.94. The Hall–Kier alpha value is -0.520. The van der Waals surface area contributed by atoms with Crippen molar-refractivity contribution < 1.29 is 0 Å². The van der Waals surface area contributed by atoms with Crippen LogP contribution in [0, 0.1) is 5.92 Å². The second-order valence-corrected chi connectivity index (χ2v) is 4.28.